The minimum absolute atomic E-state index is 0.196. The topological polar surface area (TPSA) is 0 Å². The van der Waals surface area contributed by atoms with Crippen molar-refractivity contribution >= 4 is 23.4 Å². The molecule has 2 rings (SSSR count). The Bertz CT molecular complexity index is 329. The molecule has 0 saturated heterocycles. The summed E-state index contributed by atoms with van der Waals surface area (Å²) in [5, 5.41) is 0.709. The second-order valence-electron chi connectivity index (χ2n) is 3.58. The van der Waals surface area contributed by atoms with Gasteiger partial charge in [-0.1, -0.05) is 29.8 Å². The molecular formula is C12H13ClS. The van der Waals surface area contributed by atoms with E-state index in [4.69, 9.17) is 11.6 Å². The minimum atomic E-state index is 0.196. The zero-order chi connectivity index (χ0) is 9.97. The quantitative estimate of drug-likeness (QED) is 0.540. The maximum atomic E-state index is 6.15. The third kappa shape index (κ3) is 2.34. The number of hydrogen-bond donors (Lipinski definition) is 0. The van der Waals surface area contributed by atoms with Gasteiger partial charge in [0, 0.05) is 10.1 Å². The van der Waals surface area contributed by atoms with Crippen LogP contribution in [-0.4, -0.2) is 10.6 Å². The standard InChI is InChI=1S/C12H13ClS/c1-9-5-7-10(8-6-9)14-12-4-2-3-11(12)13/h2-3,5-8,11-12H,4H2,1H3/t11-,12-/m1/s1. The highest BCUT2D eigenvalue weighted by atomic mass is 35.5. The molecule has 0 aliphatic heterocycles. The van der Waals surface area contributed by atoms with Crippen LogP contribution in [-0.2, 0) is 0 Å². The van der Waals surface area contributed by atoms with Crippen molar-refractivity contribution in [3.05, 3.63) is 42.0 Å². The highest BCUT2D eigenvalue weighted by Gasteiger charge is 2.21. The SMILES string of the molecule is Cc1ccc(S[C@@H]2CC=C[C@H]2Cl)cc1. The molecule has 0 spiro atoms. The van der Waals surface area contributed by atoms with E-state index in [0.717, 1.165) is 6.42 Å². The van der Waals surface area contributed by atoms with Gasteiger partial charge >= 0.3 is 0 Å². The molecular weight excluding hydrogens is 212 g/mol. The zero-order valence-electron chi connectivity index (χ0n) is 8.11. The zero-order valence-corrected chi connectivity index (χ0v) is 9.68. The van der Waals surface area contributed by atoms with Gasteiger partial charge < -0.3 is 0 Å². The molecule has 1 aliphatic rings. The van der Waals surface area contributed by atoms with E-state index in [9.17, 15) is 0 Å². The number of halogens is 1. The molecule has 0 amide bonds. The van der Waals surface area contributed by atoms with Crippen molar-refractivity contribution in [3.8, 4) is 0 Å². The van der Waals surface area contributed by atoms with Gasteiger partial charge in [-0.25, -0.2) is 0 Å². The molecule has 14 heavy (non-hydrogen) atoms. The number of benzene rings is 1. The van der Waals surface area contributed by atoms with Crippen LogP contribution >= 0.6 is 23.4 Å². The van der Waals surface area contributed by atoms with Crippen LogP contribution in [0.5, 0.6) is 0 Å². The van der Waals surface area contributed by atoms with Crippen LogP contribution in [0.4, 0.5) is 0 Å². The van der Waals surface area contributed by atoms with Crippen molar-refractivity contribution in [3.63, 3.8) is 0 Å². The van der Waals surface area contributed by atoms with Crippen molar-refractivity contribution in [2.45, 2.75) is 28.9 Å². The lowest BCUT2D eigenvalue weighted by Gasteiger charge is -2.12. The Labute approximate surface area is 94.4 Å². The van der Waals surface area contributed by atoms with Gasteiger partial charge in [0.25, 0.3) is 0 Å². The van der Waals surface area contributed by atoms with E-state index in [2.05, 4.69) is 43.3 Å². The Morgan fingerprint density at radius 2 is 2.00 bits per heavy atom. The fourth-order valence-corrected chi connectivity index (χ4v) is 2.93. The Morgan fingerprint density at radius 1 is 1.29 bits per heavy atom. The second kappa shape index (κ2) is 4.41. The summed E-state index contributed by atoms with van der Waals surface area (Å²) in [6.45, 7) is 2.11. The molecule has 0 N–H and O–H groups in total. The molecule has 0 aromatic heterocycles. The summed E-state index contributed by atoms with van der Waals surface area (Å²) in [5.74, 6) is 0. The molecule has 0 radical (unpaired) electrons. The van der Waals surface area contributed by atoms with Crippen LogP contribution in [0.3, 0.4) is 0 Å². The van der Waals surface area contributed by atoms with Crippen molar-refractivity contribution in [1.82, 2.24) is 0 Å². The molecule has 1 aliphatic carbocycles. The largest absolute Gasteiger partial charge is 0.121 e. The smallest absolute Gasteiger partial charge is 0.0641 e. The van der Waals surface area contributed by atoms with Gasteiger partial charge in [0.2, 0.25) is 0 Å². The maximum Gasteiger partial charge on any atom is 0.0641 e. The number of thioether (sulfide) groups is 1. The summed E-state index contributed by atoms with van der Waals surface area (Å²) in [4.78, 5) is 1.31. The average molecular weight is 225 g/mol. The van der Waals surface area contributed by atoms with Crippen LogP contribution in [0, 0.1) is 6.92 Å². The molecule has 2 heteroatoms. The molecule has 0 bridgehead atoms. The molecule has 0 heterocycles. The fraction of sp³-hybridized carbons (Fsp3) is 0.333. The fourth-order valence-electron chi connectivity index (χ4n) is 1.50. The van der Waals surface area contributed by atoms with E-state index in [-0.39, 0.29) is 5.38 Å². The normalized spacial score (nSPS) is 25.6. The van der Waals surface area contributed by atoms with Crippen LogP contribution in [0.1, 0.15) is 12.0 Å². The van der Waals surface area contributed by atoms with Gasteiger partial charge in [0.05, 0.1) is 5.38 Å². The predicted molar refractivity (Wildman–Crippen MR) is 64.2 cm³/mol. The third-order valence-corrected chi connectivity index (χ3v) is 4.28. The van der Waals surface area contributed by atoms with Crippen molar-refractivity contribution in [2.75, 3.05) is 0 Å². The summed E-state index contributed by atoms with van der Waals surface area (Å²) in [5.41, 5.74) is 1.31. The molecule has 0 nitrogen and oxygen atoms in total. The number of rotatable bonds is 2. The number of alkyl halides is 1. The summed E-state index contributed by atoms with van der Waals surface area (Å²) in [6, 6.07) is 8.63. The molecule has 0 fully saturated rings. The van der Waals surface area contributed by atoms with E-state index in [1.54, 1.807) is 0 Å². The highest BCUT2D eigenvalue weighted by Crippen LogP contribution is 2.34. The van der Waals surface area contributed by atoms with Crippen LogP contribution in [0.15, 0.2) is 41.3 Å². The van der Waals surface area contributed by atoms with Crippen molar-refractivity contribution in [2.24, 2.45) is 0 Å². The van der Waals surface area contributed by atoms with E-state index in [0.29, 0.717) is 5.25 Å². The van der Waals surface area contributed by atoms with Crippen LogP contribution < -0.4 is 0 Å². The molecule has 1 aromatic rings. The van der Waals surface area contributed by atoms with E-state index < -0.39 is 0 Å². The highest BCUT2D eigenvalue weighted by molar-refractivity contribution is 8.00. The summed E-state index contributed by atoms with van der Waals surface area (Å²) < 4.78 is 0. The second-order valence-corrected chi connectivity index (χ2v) is 5.39. The summed E-state index contributed by atoms with van der Waals surface area (Å²) in [7, 11) is 0. The lowest BCUT2D eigenvalue weighted by atomic mass is 10.2. The van der Waals surface area contributed by atoms with Gasteiger partial charge in [-0.3, -0.25) is 0 Å². The van der Waals surface area contributed by atoms with Crippen LogP contribution in [0.2, 0.25) is 0 Å². The number of hydrogen-bond acceptors (Lipinski definition) is 1. The van der Waals surface area contributed by atoms with Crippen molar-refractivity contribution < 1.29 is 0 Å². The Hall–Kier alpha value is -0.400. The van der Waals surface area contributed by atoms with Gasteiger partial charge in [-0.2, -0.15) is 0 Å². The first-order valence-electron chi connectivity index (χ1n) is 4.80. The number of allylic oxidation sites excluding steroid dienone is 2. The first-order chi connectivity index (χ1) is 6.75. The van der Waals surface area contributed by atoms with E-state index in [1.165, 1.54) is 10.5 Å². The minimum Gasteiger partial charge on any atom is -0.121 e. The average Bonchev–Trinajstić information content (AvgIpc) is 2.56. The lowest BCUT2D eigenvalue weighted by Crippen LogP contribution is -2.08. The van der Waals surface area contributed by atoms with Crippen LogP contribution in [0.25, 0.3) is 0 Å². The molecule has 0 saturated carbocycles. The molecule has 0 unspecified atom stereocenters. The summed E-state index contributed by atoms with van der Waals surface area (Å²) in [6.07, 6.45) is 5.35. The Kier molecular flexibility index (Phi) is 3.19. The van der Waals surface area contributed by atoms with Gasteiger partial charge in [0.1, 0.15) is 0 Å². The first kappa shape index (κ1) is 10.1. The number of aryl methyl sites for hydroxylation is 1. The summed E-state index contributed by atoms with van der Waals surface area (Å²) >= 11 is 8.03. The monoisotopic (exact) mass is 224 g/mol. The first-order valence-corrected chi connectivity index (χ1v) is 6.11. The third-order valence-electron chi connectivity index (χ3n) is 2.35. The van der Waals surface area contributed by atoms with Crippen molar-refractivity contribution in [1.29, 1.82) is 0 Å². The van der Waals surface area contributed by atoms with E-state index >= 15 is 0 Å². The predicted octanol–water partition coefficient (Wildman–Crippen LogP) is 4.02. The Morgan fingerprint density at radius 3 is 2.57 bits per heavy atom. The molecule has 74 valence electrons. The Balaban J connectivity index is 2.01. The van der Waals surface area contributed by atoms with Gasteiger partial charge in [-0.15, -0.1) is 23.4 Å². The van der Waals surface area contributed by atoms with Gasteiger partial charge in [0.15, 0.2) is 0 Å². The van der Waals surface area contributed by atoms with Gasteiger partial charge in [-0.05, 0) is 25.5 Å². The maximum absolute atomic E-state index is 6.15. The molecule has 1 aromatic carbocycles. The molecule has 2 atom stereocenters. The van der Waals surface area contributed by atoms with E-state index in [1.807, 2.05) is 11.8 Å². The lowest BCUT2D eigenvalue weighted by molar-refractivity contribution is 0.958.